The van der Waals surface area contributed by atoms with Crippen molar-refractivity contribution in [2.75, 3.05) is 6.61 Å². The molecule has 1 N–H and O–H groups in total. The van der Waals surface area contributed by atoms with Gasteiger partial charge < -0.3 is 14.6 Å². The monoisotopic (exact) mass is 298 g/mol. The van der Waals surface area contributed by atoms with E-state index in [9.17, 15) is 13.5 Å². The maximum atomic E-state index is 12.9. The van der Waals surface area contributed by atoms with Crippen LogP contribution in [-0.4, -0.2) is 49.3 Å². The predicted molar refractivity (Wildman–Crippen MR) is 72.1 cm³/mol. The SMILES string of the molecule is CC1(C)O[C@H]2[C@@H](OC[C@H]2O)[C@@H]1S(=O)(=O)c1ccccc1. The van der Waals surface area contributed by atoms with Crippen LogP contribution in [0.3, 0.4) is 0 Å². The number of aliphatic hydroxyl groups is 1. The number of rotatable bonds is 2. The largest absolute Gasteiger partial charge is 0.388 e. The quantitative estimate of drug-likeness (QED) is 0.873. The van der Waals surface area contributed by atoms with E-state index < -0.39 is 39.0 Å². The van der Waals surface area contributed by atoms with Crippen molar-refractivity contribution in [2.45, 2.75) is 47.9 Å². The number of ether oxygens (including phenoxy) is 2. The second kappa shape index (κ2) is 4.53. The van der Waals surface area contributed by atoms with Crippen LogP contribution in [0, 0.1) is 0 Å². The zero-order valence-electron chi connectivity index (χ0n) is 11.4. The highest BCUT2D eigenvalue weighted by Crippen LogP contribution is 2.43. The van der Waals surface area contributed by atoms with E-state index in [1.54, 1.807) is 44.2 Å². The molecule has 1 aromatic rings. The second-order valence-corrected chi connectivity index (χ2v) is 7.90. The first-order valence-corrected chi connectivity index (χ1v) is 8.15. The Hall–Kier alpha value is -0.950. The van der Waals surface area contributed by atoms with Crippen LogP contribution < -0.4 is 0 Å². The molecule has 0 saturated carbocycles. The number of aliphatic hydroxyl groups excluding tert-OH is 1. The summed E-state index contributed by atoms with van der Waals surface area (Å²) < 4.78 is 37.0. The van der Waals surface area contributed by atoms with Gasteiger partial charge in [-0.25, -0.2) is 8.42 Å². The fraction of sp³-hybridized carbons (Fsp3) is 0.571. The Morgan fingerprint density at radius 3 is 2.50 bits per heavy atom. The topological polar surface area (TPSA) is 72.8 Å². The molecule has 20 heavy (non-hydrogen) atoms. The molecular weight excluding hydrogens is 280 g/mol. The summed E-state index contributed by atoms with van der Waals surface area (Å²) in [5.41, 5.74) is -0.897. The lowest BCUT2D eigenvalue weighted by atomic mass is 10.0. The van der Waals surface area contributed by atoms with Gasteiger partial charge in [0.1, 0.15) is 23.6 Å². The van der Waals surface area contributed by atoms with E-state index in [-0.39, 0.29) is 11.5 Å². The first kappa shape index (κ1) is 14.0. The summed E-state index contributed by atoms with van der Waals surface area (Å²) >= 11 is 0. The molecule has 0 aromatic heterocycles. The molecule has 110 valence electrons. The Morgan fingerprint density at radius 1 is 1.20 bits per heavy atom. The van der Waals surface area contributed by atoms with Crippen LogP contribution in [0.4, 0.5) is 0 Å². The molecule has 2 aliphatic heterocycles. The molecule has 2 heterocycles. The summed E-state index contributed by atoms with van der Waals surface area (Å²) in [7, 11) is -3.59. The minimum atomic E-state index is -3.59. The maximum Gasteiger partial charge on any atom is 0.186 e. The van der Waals surface area contributed by atoms with Crippen LogP contribution in [0.15, 0.2) is 35.2 Å². The lowest BCUT2D eigenvalue weighted by Gasteiger charge is -2.28. The normalized spacial score (nSPS) is 36.0. The van der Waals surface area contributed by atoms with Crippen molar-refractivity contribution in [3.8, 4) is 0 Å². The molecule has 0 aliphatic carbocycles. The zero-order valence-corrected chi connectivity index (χ0v) is 12.2. The highest BCUT2D eigenvalue weighted by atomic mass is 32.2. The standard InChI is InChI=1S/C14H18O5S/c1-14(2)13(12-11(19-14)10(15)8-18-12)20(16,17)9-6-4-3-5-7-9/h3-7,10-13,15H,8H2,1-2H3/t10-,11-,12-,13+/m1/s1. The highest BCUT2D eigenvalue weighted by molar-refractivity contribution is 7.92. The molecule has 2 fully saturated rings. The van der Waals surface area contributed by atoms with Crippen molar-refractivity contribution in [3.63, 3.8) is 0 Å². The number of hydrogen-bond donors (Lipinski definition) is 1. The Labute approximate surface area is 118 Å². The maximum absolute atomic E-state index is 12.9. The molecule has 1 aromatic carbocycles. The van der Waals surface area contributed by atoms with Crippen LogP contribution in [0.5, 0.6) is 0 Å². The lowest BCUT2D eigenvalue weighted by Crippen LogP contribution is -2.44. The molecule has 4 atom stereocenters. The summed E-state index contributed by atoms with van der Waals surface area (Å²) in [4.78, 5) is 0.257. The Balaban J connectivity index is 2.04. The third-order valence-electron chi connectivity index (χ3n) is 3.99. The molecule has 5 nitrogen and oxygen atoms in total. The first-order valence-electron chi connectivity index (χ1n) is 6.60. The predicted octanol–water partition coefficient (Wildman–Crippen LogP) is 0.766. The molecular formula is C14H18O5S. The minimum Gasteiger partial charge on any atom is -0.388 e. The smallest absolute Gasteiger partial charge is 0.186 e. The minimum absolute atomic E-state index is 0.117. The van der Waals surface area contributed by atoms with E-state index in [1.165, 1.54) is 0 Å². The van der Waals surface area contributed by atoms with Crippen molar-refractivity contribution in [2.24, 2.45) is 0 Å². The summed E-state index contributed by atoms with van der Waals surface area (Å²) in [6, 6.07) is 8.30. The number of fused-ring (bicyclic) bond motifs is 1. The molecule has 0 amide bonds. The van der Waals surface area contributed by atoms with Gasteiger partial charge in [-0.2, -0.15) is 0 Å². The summed E-state index contributed by atoms with van der Waals surface area (Å²) in [6.45, 7) is 3.57. The summed E-state index contributed by atoms with van der Waals surface area (Å²) in [6.07, 6.45) is -1.96. The average molecular weight is 298 g/mol. The van der Waals surface area contributed by atoms with Gasteiger partial charge >= 0.3 is 0 Å². The number of sulfone groups is 1. The Kier molecular flexibility index (Phi) is 3.17. The molecule has 6 heteroatoms. The van der Waals surface area contributed by atoms with E-state index in [0.717, 1.165) is 0 Å². The zero-order chi connectivity index (χ0) is 14.5. The van der Waals surface area contributed by atoms with Crippen LogP contribution in [0.25, 0.3) is 0 Å². The first-order chi connectivity index (χ1) is 9.34. The fourth-order valence-electron chi connectivity index (χ4n) is 3.14. The second-order valence-electron chi connectivity index (χ2n) is 5.83. The van der Waals surface area contributed by atoms with Crippen molar-refractivity contribution in [1.29, 1.82) is 0 Å². The van der Waals surface area contributed by atoms with E-state index in [1.807, 2.05) is 0 Å². The highest BCUT2D eigenvalue weighted by Gasteiger charge is 2.61. The van der Waals surface area contributed by atoms with E-state index >= 15 is 0 Å². The summed E-state index contributed by atoms with van der Waals surface area (Å²) in [5, 5.41) is 9.02. The third kappa shape index (κ3) is 1.98. The van der Waals surface area contributed by atoms with E-state index in [0.29, 0.717) is 0 Å². The molecule has 0 bridgehead atoms. The summed E-state index contributed by atoms with van der Waals surface area (Å²) in [5.74, 6) is 0. The Bertz CT molecular complexity index is 595. The van der Waals surface area contributed by atoms with Gasteiger partial charge in [0.15, 0.2) is 9.84 Å². The van der Waals surface area contributed by atoms with Gasteiger partial charge in [-0.1, -0.05) is 18.2 Å². The van der Waals surface area contributed by atoms with Crippen LogP contribution >= 0.6 is 0 Å². The number of benzene rings is 1. The molecule has 0 radical (unpaired) electrons. The van der Waals surface area contributed by atoms with E-state index in [2.05, 4.69) is 0 Å². The number of hydrogen-bond acceptors (Lipinski definition) is 5. The van der Waals surface area contributed by atoms with Crippen molar-refractivity contribution < 1.29 is 23.0 Å². The van der Waals surface area contributed by atoms with Gasteiger partial charge in [0.2, 0.25) is 0 Å². The lowest BCUT2D eigenvalue weighted by molar-refractivity contribution is -0.0593. The molecule has 0 unspecified atom stereocenters. The molecule has 0 spiro atoms. The van der Waals surface area contributed by atoms with Gasteiger partial charge in [-0.3, -0.25) is 0 Å². The average Bonchev–Trinajstić information content (AvgIpc) is 2.86. The van der Waals surface area contributed by atoms with Gasteiger partial charge in [0.25, 0.3) is 0 Å². The van der Waals surface area contributed by atoms with Crippen molar-refractivity contribution in [3.05, 3.63) is 30.3 Å². The van der Waals surface area contributed by atoms with Crippen LogP contribution in [-0.2, 0) is 19.3 Å². The van der Waals surface area contributed by atoms with Crippen molar-refractivity contribution >= 4 is 9.84 Å². The van der Waals surface area contributed by atoms with E-state index in [4.69, 9.17) is 9.47 Å². The van der Waals surface area contributed by atoms with Gasteiger partial charge in [0.05, 0.1) is 17.1 Å². The van der Waals surface area contributed by atoms with Crippen LogP contribution in [0.1, 0.15) is 13.8 Å². The van der Waals surface area contributed by atoms with Crippen molar-refractivity contribution in [1.82, 2.24) is 0 Å². The van der Waals surface area contributed by atoms with Crippen LogP contribution in [0.2, 0.25) is 0 Å². The Morgan fingerprint density at radius 2 is 1.85 bits per heavy atom. The molecule has 2 saturated heterocycles. The fourth-order valence-corrected chi connectivity index (χ4v) is 5.36. The molecule has 2 aliphatic rings. The third-order valence-corrected chi connectivity index (χ3v) is 6.43. The van der Waals surface area contributed by atoms with Gasteiger partial charge in [-0.05, 0) is 26.0 Å². The van der Waals surface area contributed by atoms with Gasteiger partial charge in [0, 0.05) is 0 Å². The van der Waals surface area contributed by atoms with Gasteiger partial charge in [-0.15, -0.1) is 0 Å². The molecule has 3 rings (SSSR count).